The van der Waals surface area contributed by atoms with Crippen LogP contribution in [0, 0.1) is 0 Å². The molecule has 4 aromatic rings. The largest absolute Gasteiger partial charge is 0.507 e. The van der Waals surface area contributed by atoms with Gasteiger partial charge in [-0.2, -0.15) is 0 Å². The Morgan fingerprint density at radius 1 is 1.23 bits per heavy atom. The maximum Gasteiger partial charge on any atom is 0.266 e. The van der Waals surface area contributed by atoms with Crippen molar-refractivity contribution in [2.24, 2.45) is 5.73 Å². The molecule has 0 aliphatic rings. The summed E-state index contributed by atoms with van der Waals surface area (Å²) in [5.41, 5.74) is 8.57. The quantitative estimate of drug-likeness (QED) is 0.516. The van der Waals surface area contributed by atoms with Gasteiger partial charge in [0, 0.05) is 51.3 Å². The number of benzene rings is 1. The maximum absolute atomic E-state index is 12.2. The average Bonchev–Trinajstić information content (AvgIpc) is 3.13. The summed E-state index contributed by atoms with van der Waals surface area (Å²) in [5.74, 6) is 0.157. The molecular formula is C20H19N3O2S. The van der Waals surface area contributed by atoms with Crippen LogP contribution in [0.5, 0.6) is 5.75 Å². The van der Waals surface area contributed by atoms with Crippen molar-refractivity contribution in [1.82, 2.24) is 9.97 Å². The van der Waals surface area contributed by atoms with E-state index in [1.807, 2.05) is 37.4 Å². The number of hydrogen-bond donors (Lipinski definition) is 3. The van der Waals surface area contributed by atoms with Crippen LogP contribution in [0.4, 0.5) is 0 Å². The number of fused-ring (bicyclic) bond motifs is 3. The zero-order valence-corrected chi connectivity index (χ0v) is 15.4. The van der Waals surface area contributed by atoms with Gasteiger partial charge in [-0.25, -0.2) is 0 Å². The predicted molar refractivity (Wildman–Crippen MR) is 107 cm³/mol. The standard InChI is InChI=1S/C20H19N3O2S/c1-20(2,10-21)15-6-3-11(9-22-15)16-14(24)5-4-13-17(16)12-7-8-26-18(12)19(25)23-13/h3-9,24H,10,21H2,1-2H3,(H,23,25). The summed E-state index contributed by atoms with van der Waals surface area (Å²) in [4.78, 5) is 19.7. The molecule has 0 fully saturated rings. The highest BCUT2D eigenvalue weighted by atomic mass is 32.1. The highest BCUT2D eigenvalue weighted by Gasteiger charge is 2.21. The molecule has 0 atom stereocenters. The van der Waals surface area contributed by atoms with Gasteiger partial charge >= 0.3 is 0 Å². The SMILES string of the molecule is CC(C)(CN)c1ccc(-c2c(O)ccc3[nH]c(=O)c4sccc4c23)cn1. The minimum atomic E-state index is -0.217. The lowest BCUT2D eigenvalue weighted by molar-refractivity contribution is 0.478. The molecule has 4 N–H and O–H groups in total. The van der Waals surface area contributed by atoms with Crippen molar-refractivity contribution < 1.29 is 5.11 Å². The van der Waals surface area contributed by atoms with Gasteiger partial charge in [-0.3, -0.25) is 9.78 Å². The summed E-state index contributed by atoms with van der Waals surface area (Å²) < 4.78 is 0.651. The fraction of sp³-hybridized carbons (Fsp3) is 0.200. The number of nitrogens with two attached hydrogens (primary N) is 1. The molecule has 0 saturated carbocycles. The Morgan fingerprint density at radius 2 is 2.04 bits per heavy atom. The predicted octanol–water partition coefficient (Wildman–Crippen LogP) is 3.75. The van der Waals surface area contributed by atoms with Crippen molar-refractivity contribution in [3.05, 3.63) is 58.0 Å². The normalized spacial score (nSPS) is 12.1. The van der Waals surface area contributed by atoms with E-state index in [-0.39, 0.29) is 16.7 Å². The molecule has 0 radical (unpaired) electrons. The minimum absolute atomic E-state index is 0.114. The number of phenols is 1. The lowest BCUT2D eigenvalue weighted by atomic mass is 9.88. The first kappa shape index (κ1) is 16.8. The Bertz CT molecular complexity index is 1170. The molecule has 0 unspecified atom stereocenters. The Morgan fingerprint density at radius 3 is 2.73 bits per heavy atom. The number of aromatic hydroxyl groups is 1. The third kappa shape index (κ3) is 2.50. The van der Waals surface area contributed by atoms with Crippen LogP contribution in [0.15, 0.2) is 46.7 Å². The van der Waals surface area contributed by atoms with Crippen LogP contribution in [0.25, 0.3) is 32.1 Å². The topological polar surface area (TPSA) is 92.0 Å². The molecule has 132 valence electrons. The van der Waals surface area contributed by atoms with Crippen LogP contribution < -0.4 is 11.3 Å². The molecule has 0 spiro atoms. The Kier molecular flexibility index (Phi) is 3.82. The molecule has 0 aliphatic heterocycles. The van der Waals surface area contributed by atoms with Crippen molar-refractivity contribution in [2.75, 3.05) is 6.54 Å². The number of nitrogens with zero attached hydrogens (tertiary/aromatic N) is 1. The maximum atomic E-state index is 12.2. The van der Waals surface area contributed by atoms with Gasteiger partial charge in [-0.15, -0.1) is 11.3 Å². The first-order chi connectivity index (χ1) is 12.4. The number of H-pyrrole nitrogens is 1. The van der Waals surface area contributed by atoms with E-state index in [4.69, 9.17) is 5.73 Å². The van der Waals surface area contributed by atoms with Crippen molar-refractivity contribution >= 4 is 32.3 Å². The number of pyridine rings is 2. The van der Waals surface area contributed by atoms with Gasteiger partial charge in [0.05, 0.1) is 0 Å². The number of thiophene rings is 1. The van der Waals surface area contributed by atoms with Crippen LogP contribution in [0.2, 0.25) is 0 Å². The molecule has 3 aromatic heterocycles. The summed E-state index contributed by atoms with van der Waals surface area (Å²) in [7, 11) is 0. The number of hydrogen-bond acceptors (Lipinski definition) is 5. The lowest BCUT2D eigenvalue weighted by Crippen LogP contribution is -2.29. The smallest absolute Gasteiger partial charge is 0.266 e. The summed E-state index contributed by atoms with van der Waals surface area (Å²) in [6, 6.07) is 9.13. The van der Waals surface area contributed by atoms with Gasteiger partial charge in [-0.1, -0.05) is 19.9 Å². The highest BCUT2D eigenvalue weighted by Crippen LogP contribution is 2.39. The zero-order valence-electron chi connectivity index (χ0n) is 14.5. The fourth-order valence-electron chi connectivity index (χ4n) is 3.18. The monoisotopic (exact) mass is 365 g/mol. The zero-order chi connectivity index (χ0) is 18.5. The second-order valence-electron chi connectivity index (χ2n) is 7.02. The first-order valence-corrected chi connectivity index (χ1v) is 9.22. The molecule has 4 rings (SSSR count). The summed E-state index contributed by atoms with van der Waals surface area (Å²) >= 11 is 1.39. The summed E-state index contributed by atoms with van der Waals surface area (Å²) in [6.07, 6.45) is 1.75. The van der Waals surface area contributed by atoms with E-state index in [0.717, 1.165) is 22.0 Å². The van der Waals surface area contributed by atoms with Gasteiger partial charge in [-0.05, 0) is 29.6 Å². The Hall–Kier alpha value is -2.70. The van der Waals surface area contributed by atoms with Gasteiger partial charge in [0.15, 0.2) is 0 Å². The van der Waals surface area contributed by atoms with E-state index < -0.39 is 0 Å². The molecule has 3 heterocycles. The first-order valence-electron chi connectivity index (χ1n) is 8.34. The van der Waals surface area contributed by atoms with Crippen molar-refractivity contribution in [2.45, 2.75) is 19.3 Å². The second kappa shape index (κ2) is 5.93. The minimum Gasteiger partial charge on any atom is -0.507 e. The van der Waals surface area contributed by atoms with E-state index >= 15 is 0 Å². The van der Waals surface area contributed by atoms with E-state index in [0.29, 0.717) is 22.3 Å². The average molecular weight is 365 g/mol. The molecule has 0 aliphatic carbocycles. The van der Waals surface area contributed by atoms with E-state index in [1.54, 1.807) is 18.3 Å². The number of aromatic amines is 1. The molecule has 26 heavy (non-hydrogen) atoms. The second-order valence-corrected chi connectivity index (χ2v) is 7.94. The number of nitrogens with one attached hydrogen (secondary N) is 1. The Balaban J connectivity index is 2.01. The molecule has 5 nitrogen and oxygen atoms in total. The lowest BCUT2D eigenvalue weighted by Gasteiger charge is -2.22. The van der Waals surface area contributed by atoms with Crippen LogP contribution in [0.1, 0.15) is 19.5 Å². The van der Waals surface area contributed by atoms with Gasteiger partial charge in [0.1, 0.15) is 10.4 Å². The Labute approximate surface area is 154 Å². The third-order valence-electron chi connectivity index (χ3n) is 4.83. The highest BCUT2D eigenvalue weighted by molar-refractivity contribution is 7.17. The van der Waals surface area contributed by atoms with Crippen LogP contribution in [-0.2, 0) is 5.41 Å². The van der Waals surface area contributed by atoms with Crippen LogP contribution in [-0.4, -0.2) is 21.6 Å². The molecule has 0 bridgehead atoms. The van der Waals surface area contributed by atoms with E-state index in [9.17, 15) is 9.90 Å². The van der Waals surface area contributed by atoms with Crippen LogP contribution in [0.3, 0.4) is 0 Å². The molecule has 1 aromatic carbocycles. The van der Waals surface area contributed by atoms with Gasteiger partial charge < -0.3 is 15.8 Å². The third-order valence-corrected chi connectivity index (χ3v) is 5.74. The van der Waals surface area contributed by atoms with Crippen molar-refractivity contribution in [1.29, 1.82) is 0 Å². The van der Waals surface area contributed by atoms with Crippen LogP contribution >= 0.6 is 11.3 Å². The van der Waals surface area contributed by atoms with Crippen molar-refractivity contribution in [3.63, 3.8) is 0 Å². The molecule has 0 saturated heterocycles. The fourth-order valence-corrected chi connectivity index (χ4v) is 3.97. The van der Waals surface area contributed by atoms with E-state index in [1.165, 1.54) is 11.3 Å². The molecular weight excluding hydrogens is 346 g/mol. The van der Waals surface area contributed by atoms with Gasteiger partial charge in [0.25, 0.3) is 5.56 Å². The van der Waals surface area contributed by atoms with E-state index in [2.05, 4.69) is 9.97 Å². The van der Waals surface area contributed by atoms with Gasteiger partial charge in [0.2, 0.25) is 0 Å². The number of rotatable bonds is 3. The summed E-state index contributed by atoms with van der Waals surface area (Å²) in [6.45, 7) is 4.59. The number of phenolic OH excluding ortho intramolecular Hbond substituents is 1. The molecule has 0 amide bonds. The molecule has 6 heteroatoms. The summed E-state index contributed by atoms with van der Waals surface area (Å²) in [5, 5.41) is 14.1. The van der Waals surface area contributed by atoms with Crippen molar-refractivity contribution in [3.8, 4) is 16.9 Å². The number of aromatic nitrogens is 2.